The Morgan fingerprint density at radius 3 is 2.86 bits per heavy atom. The minimum Gasteiger partial charge on any atom is -0.359 e. The van der Waals surface area contributed by atoms with E-state index >= 15 is 0 Å². The molecule has 7 nitrogen and oxygen atoms in total. The highest BCUT2D eigenvalue weighted by atomic mass is 32.1. The van der Waals surface area contributed by atoms with Gasteiger partial charge in [0.15, 0.2) is 5.76 Å². The predicted octanol–water partition coefficient (Wildman–Crippen LogP) is 1.47. The van der Waals surface area contributed by atoms with Crippen LogP contribution in [-0.4, -0.2) is 52.2 Å². The van der Waals surface area contributed by atoms with Crippen molar-refractivity contribution < 1.29 is 9.32 Å². The SMILES string of the molecule is Cc1cc(CNC(=O)N2CCN(Cc3cscn3)CC2)on1. The van der Waals surface area contributed by atoms with E-state index in [1.165, 1.54) is 0 Å². The maximum Gasteiger partial charge on any atom is 0.317 e. The van der Waals surface area contributed by atoms with Gasteiger partial charge in [0, 0.05) is 44.2 Å². The van der Waals surface area contributed by atoms with Crippen molar-refractivity contribution in [2.45, 2.75) is 20.0 Å². The summed E-state index contributed by atoms with van der Waals surface area (Å²) in [6, 6.07) is 1.77. The summed E-state index contributed by atoms with van der Waals surface area (Å²) in [5.74, 6) is 0.674. The Labute approximate surface area is 132 Å². The maximum atomic E-state index is 12.1. The molecule has 3 rings (SSSR count). The first-order valence-corrected chi connectivity index (χ1v) is 8.19. The molecule has 0 spiro atoms. The number of aryl methyl sites for hydroxylation is 1. The fourth-order valence-electron chi connectivity index (χ4n) is 2.43. The van der Waals surface area contributed by atoms with Crippen LogP contribution in [0.5, 0.6) is 0 Å². The van der Waals surface area contributed by atoms with E-state index < -0.39 is 0 Å². The van der Waals surface area contributed by atoms with Crippen molar-refractivity contribution in [3.8, 4) is 0 Å². The summed E-state index contributed by atoms with van der Waals surface area (Å²) < 4.78 is 5.08. The molecule has 22 heavy (non-hydrogen) atoms. The van der Waals surface area contributed by atoms with Crippen LogP contribution in [0, 0.1) is 6.92 Å². The summed E-state index contributed by atoms with van der Waals surface area (Å²) in [6.07, 6.45) is 0. The standard InChI is InChI=1S/C14H19N5O2S/c1-11-6-13(21-17-11)7-15-14(20)19-4-2-18(3-5-19)8-12-9-22-10-16-12/h6,9-10H,2-5,7-8H2,1H3,(H,15,20). The number of rotatable bonds is 4. The Morgan fingerprint density at radius 2 is 2.23 bits per heavy atom. The van der Waals surface area contributed by atoms with E-state index in [0.717, 1.165) is 44.1 Å². The molecule has 118 valence electrons. The molecule has 2 amide bonds. The van der Waals surface area contributed by atoms with Crippen LogP contribution >= 0.6 is 11.3 Å². The second-order valence-corrected chi connectivity index (χ2v) is 6.05. The predicted molar refractivity (Wildman–Crippen MR) is 82.4 cm³/mol. The van der Waals surface area contributed by atoms with E-state index in [0.29, 0.717) is 12.3 Å². The second kappa shape index (κ2) is 6.89. The fourth-order valence-corrected chi connectivity index (χ4v) is 2.98. The van der Waals surface area contributed by atoms with Crippen molar-refractivity contribution in [3.63, 3.8) is 0 Å². The molecule has 2 aromatic heterocycles. The third-order valence-corrected chi connectivity index (χ3v) is 4.25. The molecule has 1 aliphatic rings. The highest BCUT2D eigenvalue weighted by Gasteiger charge is 2.21. The van der Waals surface area contributed by atoms with Gasteiger partial charge in [0.1, 0.15) is 0 Å². The average molecular weight is 321 g/mol. The van der Waals surface area contributed by atoms with Crippen LogP contribution in [0.25, 0.3) is 0 Å². The summed E-state index contributed by atoms with van der Waals surface area (Å²) in [7, 11) is 0. The monoisotopic (exact) mass is 321 g/mol. The number of nitrogens with one attached hydrogen (secondary N) is 1. The summed E-state index contributed by atoms with van der Waals surface area (Å²) in [6.45, 7) is 6.28. The molecule has 0 aliphatic carbocycles. The van der Waals surface area contributed by atoms with E-state index in [1.807, 2.05) is 23.4 Å². The van der Waals surface area contributed by atoms with Gasteiger partial charge < -0.3 is 14.7 Å². The van der Waals surface area contributed by atoms with Gasteiger partial charge in [0.2, 0.25) is 0 Å². The van der Waals surface area contributed by atoms with Crippen LogP contribution in [0.15, 0.2) is 21.5 Å². The minimum atomic E-state index is -0.0534. The fraction of sp³-hybridized carbons (Fsp3) is 0.500. The highest BCUT2D eigenvalue weighted by molar-refractivity contribution is 7.07. The van der Waals surface area contributed by atoms with Gasteiger partial charge in [-0.05, 0) is 6.92 Å². The van der Waals surface area contributed by atoms with Gasteiger partial charge in [-0.2, -0.15) is 0 Å². The highest BCUT2D eigenvalue weighted by Crippen LogP contribution is 2.09. The van der Waals surface area contributed by atoms with Crippen molar-refractivity contribution >= 4 is 17.4 Å². The normalized spacial score (nSPS) is 16.0. The van der Waals surface area contributed by atoms with Gasteiger partial charge in [0.25, 0.3) is 0 Å². The van der Waals surface area contributed by atoms with E-state index in [4.69, 9.17) is 4.52 Å². The molecule has 0 bridgehead atoms. The number of carbonyl (C=O) groups excluding carboxylic acids is 1. The first-order chi connectivity index (χ1) is 10.7. The van der Waals surface area contributed by atoms with Gasteiger partial charge in [0.05, 0.1) is 23.4 Å². The van der Waals surface area contributed by atoms with E-state index in [9.17, 15) is 4.79 Å². The van der Waals surface area contributed by atoms with Gasteiger partial charge >= 0.3 is 6.03 Å². The zero-order valence-electron chi connectivity index (χ0n) is 12.5. The maximum absolute atomic E-state index is 12.1. The largest absolute Gasteiger partial charge is 0.359 e. The molecule has 1 aliphatic heterocycles. The molecule has 1 saturated heterocycles. The number of hydrogen-bond donors (Lipinski definition) is 1. The van der Waals surface area contributed by atoms with Crippen LogP contribution in [0.3, 0.4) is 0 Å². The third-order valence-electron chi connectivity index (χ3n) is 3.62. The lowest BCUT2D eigenvalue weighted by atomic mass is 10.3. The molecule has 0 aromatic carbocycles. The number of amides is 2. The molecular weight excluding hydrogens is 302 g/mol. The number of nitrogens with zero attached hydrogens (tertiary/aromatic N) is 4. The number of urea groups is 1. The molecule has 1 fully saturated rings. The van der Waals surface area contributed by atoms with Crippen LogP contribution in [0.1, 0.15) is 17.1 Å². The molecule has 0 atom stereocenters. The van der Waals surface area contributed by atoms with Gasteiger partial charge in [-0.25, -0.2) is 9.78 Å². The first-order valence-electron chi connectivity index (χ1n) is 7.25. The van der Waals surface area contributed by atoms with Crippen molar-refractivity contribution in [1.82, 2.24) is 25.3 Å². The number of hydrogen-bond acceptors (Lipinski definition) is 6. The topological polar surface area (TPSA) is 74.5 Å². The van der Waals surface area contributed by atoms with Crippen molar-refractivity contribution in [1.29, 1.82) is 0 Å². The molecule has 0 unspecified atom stereocenters. The van der Waals surface area contributed by atoms with Crippen LogP contribution in [0.2, 0.25) is 0 Å². The smallest absolute Gasteiger partial charge is 0.317 e. The quantitative estimate of drug-likeness (QED) is 0.923. The Bertz CT molecular complexity index is 605. The number of carbonyl (C=O) groups is 1. The summed E-state index contributed by atoms with van der Waals surface area (Å²) in [5, 5.41) is 8.74. The Hall–Kier alpha value is -1.93. The summed E-state index contributed by atoms with van der Waals surface area (Å²) in [5.41, 5.74) is 3.77. The van der Waals surface area contributed by atoms with Gasteiger partial charge in [-0.1, -0.05) is 5.16 Å². The molecule has 1 N–H and O–H groups in total. The average Bonchev–Trinajstić information content (AvgIpc) is 3.17. The first kappa shape index (κ1) is 15.0. The van der Waals surface area contributed by atoms with Gasteiger partial charge in [-0.3, -0.25) is 4.90 Å². The molecular formula is C14H19N5O2S. The second-order valence-electron chi connectivity index (χ2n) is 5.34. The lowest BCUT2D eigenvalue weighted by Gasteiger charge is -2.34. The van der Waals surface area contributed by atoms with E-state index in [2.05, 4.69) is 25.7 Å². The number of aromatic nitrogens is 2. The zero-order chi connectivity index (χ0) is 15.4. The lowest BCUT2D eigenvalue weighted by molar-refractivity contribution is 0.134. The van der Waals surface area contributed by atoms with E-state index in [1.54, 1.807) is 11.3 Å². The molecule has 0 saturated carbocycles. The zero-order valence-corrected chi connectivity index (χ0v) is 13.3. The van der Waals surface area contributed by atoms with Crippen LogP contribution in [-0.2, 0) is 13.1 Å². The Kier molecular flexibility index (Phi) is 4.69. The molecule has 3 heterocycles. The Balaban J connectivity index is 1.41. The number of thiazole rings is 1. The summed E-state index contributed by atoms with van der Waals surface area (Å²) >= 11 is 1.61. The lowest BCUT2D eigenvalue weighted by Crippen LogP contribution is -2.51. The molecule has 2 aromatic rings. The van der Waals surface area contributed by atoms with Gasteiger partial charge in [-0.15, -0.1) is 11.3 Å². The van der Waals surface area contributed by atoms with Crippen LogP contribution in [0.4, 0.5) is 4.79 Å². The third kappa shape index (κ3) is 3.83. The van der Waals surface area contributed by atoms with Crippen molar-refractivity contribution in [3.05, 3.63) is 34.1 Å². The minimum absolute atomic E-state index is 0.0534. The van der Waals surface area contributed by atoms with E-state index in [-0.39, 0.29) is 6.03 Å². The van der Waals surface area contributed by atoms with Crippen LogP contribution < -0.4 is 5.32 Å². The number of piperazine rings is 1. The molecule has 8 heteroatoms. The molecule has 0 radical (unpaired) electrons. The van der Waals surface area contributed by atoms with Crippen molar-refractivity contribution in [2.24, 2.45) is 0 Å². The van der Waals surface area contributed by atoms with Crippen molar-refractivity contribution in [2.75, 3.05) is 26.2 Å². The summed E-state index contributed by atoms with van der Waals surface area (Å²) in [4.78, 5) is 20.6. The Morgan fingerprint density at radius 1 is 1.41 bits per heavy atom.